The van der Waals surface area contributed by atoms with Gasteiger partial charge < -0.3 is 14.9 Å². The van der Waals surface area contributed by atoms with Gasteiger partial charge in [0.25, 0.3) is 10.0 Å². The molecular weight excluding hydrogens is 478 g/mol. The minimum absolute atomic E-state index is 0.0683. The number of benzene rings is 2. The molecule has 0 amide bonds. The van der Waals surface area contributed by atoms with Gasteiger partial charge in [-0.25, -0.2) is 23.2 Å². The topological polar surface area (TPSA) is 116 Å². The Kier molecular flexibility index (Phi) is 6.19. The molecule has 3 heterocycles. The number of carboxylic acid groups (broad SMARTS) is 1. The quantitative estimate of drug-likeness (QED) is 0.409. The van der Waals surface area contributed by atoms with Crippen LogP contribution in [0.3, 0.4) is 0 Å². The van der Waals surface area contributed by atoms with E-state index < -0.39 is 16.0 Å². The molecule has 0 saturated carbocycles. The molecule has 0 unspecified atom stereocenters. The van der Waals surface area contributed by atoms with Crippen molar-refractivity contribution in [2.45, 2.75) is 11.8 Å². The van der Waals surface area contributed by atoms with Crippen LogP contribution in [0.2, 0.25) is 0 Å². The largest absolute Gasteiger partial charge is 0.478 e. The number of sulfonamides is 1. The summed E-state index contributed by atoms with van der Waals surface area (Å²) in [6.07, 6.45) is 1.76. The second-order valence-electron chi connectivity index (χ2n) is 8.65. The monoisotopic (exact) mass is 503 g/mol. The Morgan fingerprint density at radius 2 is 1.67 bits per heavy atom. The Morgan fingerprint density at radius 3 is 2.33 bits per heavy atom. The zero-order chi connectivity index (χ0) is 25.3. The van der Waals surface area contributed by atoms with Gasteiger partial charge in [-0.1, -0.05) is 18.2 Å². The third-order valence-electron chi connectivity index (χ3n) is 6.15. The minimum atomic E-state index is -3.83. The van der Waals surface area contributed by atoms with Gasteiger partial charge in [0.05, 0.1) is 16.0 Å². The number of rotatable bonds is 6. The van der Waals surface area contributed by atoms with Crippen LogP contribution in [-0.4, -0.2) is 55.6 Å². The third kappa shape index (κ3) is 4.80. The summed E-state index contributed by atoms with van der Waals surface area (Å²) < 4.78 is 28.2. The molecule has 10 heteroatoms. The molecule has 1 aliphatic heterocycles. The number of piperazine rings is 1. The number of carbonyl (C=O) groups is 1. The molecule has 4 aromatic rings. The fourth-order valence-electron chi connectivity index (χ4n) is 4.32. The zero-order valence-corrected chi connectivity index (χ0v) is 20.4. The van der Waals surface area contributed by atoms with Gasteiger partial charge in [-0.2, -0.15) is 0 Å². The second kappa shape index (κ2) is 9.46. The number of carboxylic acids is 1. The van der Waals surface area contributed by atoms with E-state index in [0.29, 0.717) is 29.8 Å². The standard InChI is InChI=1S/C26H25N5O4S/c1-18-5-4-6-20(15-18)36(34,35)29-19-8-9-23-21(16-19)22(26(32)33)17-25(28-23)31-13-11-30(12-14-31)24-7-2-3-10-27-24/h2-10,15-17,29H,11-14H2,1H3,(H,32,33). The first-order valence-electron chi connectivity index (χ1n) is 11.5. The van der Waals surface area contributed by atoms with Crippen LogP contribution in [0.1, 0.15) is 15.9 Å². The fraction of sp³-hybridized carbons (Fsp3) is 0.192. The molecule has 2 N–H and O–H groups in total. The van der Waals surface area contributed by atoms with Crippen LogP contribution in [0.25, 0.3) is 10.9 Å². The molecule has 0 spiro atoms. The average Bonchev–Trinajstić information content (AvgIpc) is 2.88. The van der Waals surface area contributed by atoms with E-state index >= 15 is 0 Å². The van der Waals surface area contributed by atoms with E-state index in [1.807, 2.05) is 31.2 Å². The summed E-state index contributed by atoms with van der Waals surface area (Å²) in [5.41, 5.74) is 1.64. The van der Waals surface area contributed by atoms with Gasteiger partial charge in [0.15, 0.2) is 0 Å². The Morgan fingerprint density at radius 1 is 0.917 bits per heavy atom. The normalized spacial score (nSPS) is 14.1. The van der Waals surface area contributed by atoms with Crippen molar-refractivity contribution in [3.05, 3.63) is 84.1 Å². The molecule has 0 aliphatic carbocycles. The highest BCUT2D eigenvalue weighted by molar-refractivity contribution is 7.92. The molecule has 0 radical (unpaired) electrons. The Labute approximate surface area is 209 Å². The molecule has 5 rings (SSSR count). The smallest absolute Gasteiger partial charge is 0.336 e. The van der Waals surface area contributed by atoms with E-state index in [1.165, 1.54) is 12.1 Å². The van der Waals surface area contributed by atoms with E-state index in [1.54, 1.807) is 36.5 Å². The van der Waals surface area contributed by atoms with Crippen molar-refractivity contribution >= 4 is 44.2 Å². The maximum Gasteiger partial charge on any atom is 0.336 e. The SMILES string of the molecule is Cc1cccc(S(=O)(=O)Nc2ccc3nc(N4CCN(c5ccccn5)CC4)cc(C(=O)O)c3c2)c1. The summed E-state index contributed by atoms with van der Waals surface area (Å²) >= 11 is 0. The van der Waals surface area contributed by atoms with Crippen molar-refractivity contribution in [3.63, 3.8) is 0 Å². The van der Waals surface area contributed by atoms with Crippen LogP contribution < -0.4 is 14.5 Å². The summed E-state index contributed by atoms with van der Waals surface area (Å²) in [6.45, 7) is 4.62. The number of pyridine rings is 2. The van der Waals surface area contributed by atoms with Crippen LogP contribution >= 0.6 is 0 Å². The molecule has 2 aromatic heterocycles. The van der Waals surface area contributed by atoms with Crippen molar-refractivity contribution in [3.8, 4) is 0 Å². The number of anilines is 3. The van der Waals surface area contributed by atoms with Gasteiger partial charge in [-0.05, 0) is 61.0 Å². The number of nitrogens with one attached hydrogen (secondary N) is 1. The van der Waals surface area contributed by atoms with Crippen LogP contribution in [0.5, 0.6) is 0 Å². The summed E-state index contributed by atoms with van der Waals surface area (Å²) in [5.74, 6) is 0.388. The van der Waals surface area contributed by atoms with Crippen LogP contribution in [0.4, 0.5) is 17.3 Å². The van der Waals surface area contributed by atoms with Gasteiger partial charge >= 0.3 is 5.97 Å². The average molecular weight is 504 g/mol. The molecule has 1 aliphatic rings. The maximum atomic E-state index is 12.8. The van der Waals surface area contributed by atoms with Crippen molar-refractivity contribution in [2.24, 2.45) is 0 Å². The van der Waals surface area contributed by atoms with E-state index in [4.69, 9.17) is 4.98 Å². The molecule has 1 saturated heterocycles. The number of aromatic nitrogens is 2. The number of aryl methyl sites for hydroxylation is 1. The van der Waals surface area contributed by atoms with Crippen LogP contribution in [0.15, 0.2) is 77.8 Å². The molecule has 184 valence electrons. The van der Waals surface area contributed by atoms with E-state index in [-0.39, 0.29) is 16.1 Å². The molecule has 2 aromatic carbocycles. The summed E-state index contributed by atoms with van der Waals surface area (Å²) in [6, 6.07) is 18.7. The lowest BCUT2D eigenvalue weighted by Crippen LogP contribution is -2.47. The van der Waals surface area contributed by atoms with Crippen molar-refractivity contribution < 1.29 is 18.3 Å². The van der Waals surface area contributed by atoms with E-state index in [9.17, 15) is 18.3 Å². The van der Waals surface area contributed by atoms with Gasteiger partial charge in [-0.3, -0.25) is 4.72 Å². The van der Waals surface area contributed by atoms with E-state index in [2.05, 4.69) is 19.5 Å². The van der Waals surface area contributed by atoms with Crippen LogP contribution in [0, 0.1) is 6.92 Å². The summed E-state index contributed by atoms with van der Waals surface area (Å²) in [7, 11) is -3.83. The maximum absolute atomic E-state index is 12.8. The number of nitrogens with zero attached hydrogens (tertiary/aromatic N) is 4. The molecule has 36 heavy (non-hydrogen) atoms. The highest BCUT2D eigenvalue weighted by atomic mass is 32.2. The number of fused-ring (bicyclic) bond motifs is 1. The van der Waals surface area contributed by atoms with Crippen molar-refractivity contribution in [1.82, 2.24) is 9.97 Å². The lowest BCUT2D eigenvalue weighted by molar-refractivity contribution is 0.0699. The van der Waals surface area contributed by atoms with Crippen molar-refractivity contribution in [2.75, 3.05) is 40.7 Å². The highest BCUT2D eigenvalue weighted by Crippen LogP contribution is 2.28. The number of hydrogen-bond acceptors (Lipinski definition) is 7. The molecule has 9 nitrogen and oxygen atoms in total. The van der Waals surface area contributed by atoms with Gasteiger partial charge in [0.1, 0.15) is 11.6 Å². The minimum Gasteiger partial charge on any atom is -0.478 e. The lowest BCUT2D eigenvalue weighted by atomic mass is 10.1. The lowest BCUT2D eigenvalue weighted by Gasteiger charge is -2.36. The molecule has 0 bridgehead atoms. The Bertz CT molecular complexity index is 1540. The van der Waals surface area contributed by atoms with Gasteiger partial charge in [0.2, 0.25) is 0 Å². The fourth-order valence-corrected chi connectivity index (χ4v) is 5.47. The molecule has 1 fully saturated rings. The number of aromatic carboxylic acids is 1. The first-order chi connectivity index (χ1) is 17.3. The van der Waals surface area contributed by atoms with Crippen molar-refractivity contribution in [1.29, 1.82) is 0 Å². The zero-order valence-electron chi connectivity index (χ0n) is 19.6. The predicted octanol–water partition coefficient (Wildman–Crippen LogP) is 3.76. The third-order valence-corrected chi connectivity index (χ3v) is 7.53. The summed E-state index contributed by atoms with van der Waals surface area (Å²) in [4.78, 5) is 25.6. The second-order valence-corrected chi connectivity index (χ2v) is 10.3. The first-order valence-corrected chi connectivity index (χ1v) is 13.0. The predicted molar refractivity (Wildman–Crippen MR) is 139 cm³/mol. The number of hydrogen-bond donors (Lipinski definition) is 2. The van der Waals surface area contributed by atoms with Gasteiger partial charge in [-0.15, -0.1) is 0 Å². The Hall–Kier alpha value is -4.18. The Balaban J connectivity index is 1.41. The van der Waals surface area contributed by atoms with E-state index in [0.717, 1.165) is 24.5 Å². The van der Waals surface area contributed by atoms with Crippen LogP contribution in [-0.2, 0) is 10.0 Å². The molecular formula is C26H25N5O4S. The highest BCUT2D eigenvalue weighted by Gasteiger charge is 2.22. The first kappa shape index (κ1) is 23.6. The summed E-state index contributed by atoms with van der Waals surface area (Å²) in [5, 5.41) is 10.3. The van der Waals surface area contributed by atoms with Gasteiger partial charge in [0, 0.05) is 43.4 Å². The molecule has 0 atom stereocenters.